The van der Waals surface area contributed by atoms with Crippen LogP contribution >= 0.6 is 0 Å². The van der Waals surface area contributed by atoms with Crippen LogP contribution < -0.4 is 5.73 Å². The maximum Gasteiger partial charge on any atom is 0.398 e. The molecule has 0 aromatic carbocycles. The molecule has 0 radical (unpaired) electrons. The first-order valence-corrected chi connectivity index (χ1v) is 7.65. The van der Waals surface area contributed by atoms with Crippen LogP contribution in [-0.4, -0.2) is 77.3 Å². The lowest BCUT2D eigenvalue weighted by atomic mass is 10.1. The second kappa shape index (κ2) is 14.7. The molecule has 0 saturated carbocycles. The molecule has 0 fully saturated rings. The highest BCUT2D eigenvalue weighted by atomic mass is 19.4. The molecule has 0 bridgehead atoms. The van der Waals surface area contributed by atoms with Gasteiger partial charge < -0.3 is 35.6 Å². The summed E-state index contributed by atoms with van der Waals surface area (Å²) in [6.45, 7) is -1.01. The number of aliphatic hydroxyl groups is 3. The second-order valence-electron chi connectivity index (χ2n) is 5.15. The van der Waals surface area contributed by atoms with Crippen LogP contribution in [0.3, 0.4) is 0 Å². The molecule has 26 heavy (non-hydrogen) atoms. The highest BCUT2D eigenvalue weighted by Crippen LogP contribution is 2.31. The van der Waals surface area contributed by atoms with Gasteiger partial charge in [-0.2, -0.15) is 13.2 Å². The number of primary amides is 1. The minimum absolute atomic E-state index is 0.148. The molecule has 0 aromatic heterocycles. The highest BCUT2D eigenvalue weighted by molar-refractivity contribution is 5.66. The van der Waals surface area contributed by atoms with E-state index >= 15 is 0 Å². The molecular formula is C14H26F3NO8. The number of hydrogen-bond acceptors (Lipinski definition) is 7. The Hall–Kier alpha value is -1.47. The van der Waals surface area contributed by atoms with E-state index in [0.29, 0.717) is 0 Å². The van der Waals surface area contributed by atoms with Gasteiger partial charge in [0.05, 0.1) is 19.3 Å². The Balaban J connectivity index is 0. The van der Waals surface area contributed by atoms with Gasteiger partial charge in [0, 0.05) is 13.0 Å². The minimum Gasteiger partial charge on any atom is -0.481 e. The zero-order valence-corrected chi connectivity index (χ0v) is 14.3. The Bertz CT molecular complexity index is 382. The Morgan fingerprint density at radius 3 is 2.12 bits per heavy atom. The molecule has 0 aliphatic rings. The van der Waals surface area contributed by atoms with Gasteiger partial charge in [0.1, 0.15) is 12.0 Å². The number of aliphatic hydroxyl groups excluding tert-OH is 3. The van der Waals surface area contributed by atoms with Crippen molar-refractivity contribution in [2.24, 2.45) is 11.7 Å². The van der Waals surface area contributed by atoms with E-state index in [9.17, 15) is 23.1 Å². The van der Waals surface area contributed by atoms with Crippen molar-refractivity contribution in [2.75, 3.05) is 19.8 Å². The lowest BCUT2D eigenvalue weighted by Gasteiger charge is -2.31. The molecule has 6 N–H and O–H groups in total. The third-order valence-electron chi connectivity index (χ3n) is 3.04. The standard InChI is InChI=1S/C13H23F3O7.CH3NO/c1-8(19)10(7-18)23-12(9(6-17)13(14,15)16)22-5-3-2-4-11(20)21;2-1-3/h8-10,12,17-19H,2-7H2,1H3,(H,20,21);1H,(H2,2,3). The number of unbranched alkanes of at least 4 members (excludes halogenated alkanes) is 1. The first kappa shape index (κ1) is 26.8. The molecule has 9 nitrogen and oxygen atoms in total. The number of carboxylic acid groups (broad SMARTS) is 1. The molecule has 12 heteroatoms. The Morgan fingerprint density at radius 2 is 1.77 bits per heavy atom. The van der Waals surface area contributed by atoms with E-state index in [1.54, 1.807) is 0 Å². The SMILES string of the molecule is CC(O)C(CO)OC(OCCCCC(=O)O)C(CO)C(F)(F)F.NC=O. The van der Waals surface area contributed by atoms with Gasteiger partial charge in [-0.15, -0.1) is 0 Å². The monoisotopic (exact) mass is 393 g/mol. The van der Waals surface area contributed by atoms with E-state index < -0.39 is 49.8 Å². The van der Waals surface area contributed by atoms with Crippen molar-refractivity contribution in [1.82, 2.24) is 0 Å². The van der Waals surface area contributed by atoms with Crippen molar-refractivity contribution >= 4 is 12.4 Å². The molecule has 0 spiro atoms. The number of aliphatic carboxylic acids is 1. The van der Waals surface area contributed by atoms with Crippen molar-refractivity contribution < 1.29 is 52.7 Å². The van der Waals surface area contributed by atoms with E-state index in [0.717, 1.165) is 0 Å². The first-order valence-electron chi connectivity index (χ1n) is 7.65. The number of hydrogen-bond donors (Lipinski definition) is 5. The molecule has 0 aliphatic heterocycles. The van der Waals surface area contributed by atoms with Crippen molar-refractivity contribution in [3.63, 3.8) is 0 Å². The molecule has 4 atom stereocenters. The number of carbonyl (C=O) groups is 2. The predicted octanol–water partition coefficient (Wildman–Crippen LogP) is -0.385. The fraction of sp³-hybridized carbons (Fsp3) is 0.857. The number of ether oxygens (including phenoxy) is 2. The van der Waals surface area contributed by atoms with E-state index in [-0.39, 0.29) is 32.3 Å². The third kappa shape index (κ3) is 12.8. The molecule has 1 amide bonds. The van der Waals surface area contributed by atoms with E-state index in [4.69, 9.17) is 29.6 Å². The van der Waals surface area contributed by atoms with Crippen molar-refractivity contribution in [1.29, 1.82) is 0 Å². The van der Waals surface area contributed by atoms with Crippen LogP contribution in [0.25, 0.3) is 0 Å². The van der Waals surface area contributed by atoms with Crippen molar-refractivity contribution in [2.45, 2.75) is 50.9 Å². The van der Waals surface area contributed by atoms with E-state index in [2.05, 4.69) is 5.73 Å². The van der Waals surface area contributed by atoms with Gasteiger partial charge in [-0.05, 0) is 19.8 Å². The summed E-state index contributed by atoms with van der Waals surface area (Å²) in [7, 11) is 0. The van der Waals surface area contributed by atoms with Gasteiger partial charge in [-0.25, -0.2) is 0 Å². The Morgan fingerprint density at radius 1 is 1.23 bits per heavy atom. The average Bonchev–Trinajstić information content (AvgIpc) is 2.50. The number of alkyl halides is 3. The molecule has 0 aliphatic carbocycles. The number of carboxylic acids is 1. The lowest BCUT2D eigenvalue weighted by molar-refractivity contribution is -0.292. The van der Waals surface area contributed by atoms with Crippen LogP contribution in [0.15, 0.2) is 0 Å². The van der Waals surface area contributed by atoms with Gasteiger partial charge in [0.15, 0.2) is 6.29 Å². The number of rotatable bonds is 12. The van der Waals surface area contributed by atoms with Crippen molar-refractivity contribution in [3.8, 4) is 0 Å². The number of amides is 1. The summed E-state index contributed by atoms with van der Waals surface area (Å²) >= 11 is 0. The van der Waals surface area contributed by atoms with Crippen molar-refractivity contribution in [3.05, 3.63) is 0 Å². The maximum atomic E-state index is 12.9. The zero-order valence-electron chi connectivity index (χ0n) is 14.3. The summed E-state index contributed by atoms with van der Waals surface area (Å²) in [5, 5.41) is 35.8. The largest absolute Gasteiger partial charge is 0.481 e. The summed E-state index contributed by atoms with van der Waals surface area (Å²) in [5.74, 6) is -3.38. The van der Waals surface area contributed by atoms with E-state index in [1.807, 2.05) is 0 Å². The van der Waals surface area contributed by atoms with Gasteiger partial charge in [-0.3, -0.25) is 9.59 Å². The summed E-state index contributed by atoms with van der Waals surface area (Å²) in [4.78, 5) is 18.9. The smallest absolute Gasteiger partial charge is 0.398 e. The van der Waals surface area contributed by atoms with Gasteiger partial charge in [0.25, 0.3) is 0 Å². The molecule has 0 rings (SSSR count). The van der Waals surface area contributed by atoms with Gasteiger partial charge >= 0.3 is 12.1 Å². The fourth-order valence-electron chi connectivity index (χ4n) is 1.65. The van der Waals surface area contributed by atoms with Crippen LogP contribution in [0, 0.1) is 5.92 Å². The number of carbonyl (C=O) groups excluding carboxylic acids is 1. The van der Waals surface area contributed by atoms with Crippen LogP contribution in [-0.2, 0) is 19.1 Å². The zero-order chi connectivity index (χ0) is 20.8. The molecule has 4 unspecified atom stereocenters. The summed E-state index contributed by atoms with van der Waals surface area (Å²) < 4.78 is 48.6. The lowest BCUT2D eigenvalue weighted by Crippen LogP contribution is -2.45. The van der Waals surface area contributed by atoms with Gasteiger partial charge in [0.2, 0.25) is 6.41 Å². The van der Waals surface area contributed by atoms with E-state index in [1.165, 1.54) is 6.92 Å². The predicted molar refractivity (Wildman–Crippen MR) is 81.7 cm³/mol. The highest BCUT2D eigenvalue weighted by Gasteiger charge is 2.46. The topological polar surface area (TPSA) is 160 Å². The second-order valence-corrected chi connectivity index (χ2v) is 5.15. The molecule has 156 valence electrons. The minimum atomic E-state index is -4.81. The molecular weight excluding hydrogens is 367 g/mol. The summed E-state index contributed by atoms with van der Waals surface area (Å²) in [6.07, 6.45) is -8.79. The number of nitrogens with two attached hydrogens (primary N) is 1. The maximum absolute atomic E-state index is 12.9. The normalized spacial score (nSPS) is 16.0. The summed E-state index contributed by atoms with van der Waals surface area (Å²) in [6, 6.07) is 0. The van der Waals surface area contributed by atoms with Crippen LogP contribution in [0.2, 0.25) is 0 Å². The van der Waals surface area contributed by atoms with Gasteiger partial charge in [-0.1, -0.05) is 0 Å². The van der Waals surface area contributed by atoms with Crippen LogP contribution in [0.4, 0.5) is 13.2 Å². The summed E-state index contributed by atoms with van der Waals surface area (Å²) in [5.41, 5.74) is 4.17. The molecule has 0 aromatic rings. The van der Waals surface area contributed by atoms with Crippen LogP contribution in [0.5, 0.6) is 0 Å². The quantitative estimate of drug-likeness (QED) is 0.170. The molecule has 0 saturated heterocycles. The average molecular weight is 393 g/mol. The van der Waals surface area contributed by atoms with Crippen LogP contribution in [0.1, 0.15) is 26.2 Å². The Labute approximate surface area is 148 Å². The third-order valence-corrected chi connectivity index (χ3v) is 3.04. The fourth-order valence-corrected chi connectivity index (χ4v) is 1.65. The Kier molecular flexibility index (Phi) is 15.1. The first-order chi connectivity index (χ1) is 12.0. The number of halogens is 3. The molecule has 0 heterocycles.